The fourth-order valence-electron chi connectivity index (χ4n) is 2.33. The van der Waals surface area contributed by atoms with E-state index in [0.717, 1.165) is 5.69 Å². The maximum atomic E-state index is 12.4. The molecule has 2 amide bonds. The summed E-state index contributed by atoms with van der Waals surface area (Å²) in [6, 6.07) is 15.6. The van der Waals surface area contributed by atoms with E-state index in [0.29, 0.717) is 17.8 Å². The Morgan fingerprint density at radius 3 is 2.37 bits per heavy atom. The van der Waals surface area contributed by atoms with Crippen molar-refractivity contribution in [3.63, 3.8) is 0 Å². The van der Waals surface area contributed by atoms with E-state index in [2.05, 4.69) is 16.0 Å². The van der Waals surface area contributed by atoms with Crippen LogP contribution in [0.4, 0.5) is 11.4 Å². The van der Waals surface area contributed by atoms with E-state index in [1.165, 1.54) is 0 Å². The Hall–Kier alpha value is -3.35. The third-order valence-electron chi connectivity index (χ3n) is 3.66. The van der Waals surface area contributed by atoms with Gasteiger partial charge in [-0.2, -0.15) is 0 Å². The second-order valence-electron chi connectivity index (χ2n) is 5.80. The lowest BCUT2D eigenvalue weighted by atomic mass is 10.1. The molecule has 7 heteroatoms. The lowest BCUT2D eigenvalue weighted by Gasteiger charge is -2.14. The van der Waals surface area contributed by atoms with E-state index in [-0.39, 0.29) is 5.91 Å². The molecule has 0 bridgehead atoms. The molecule has 0 spiro atoms. The molecule has 0 radical (unpaired) electrons. The monoisotopic (exact) mass is 369 g/mol. The van der Waals surface area contributed by atoms with Crippen molar-refractivity contribution in [3.05, 3.63) is 60.2 Å². The van der Waals surface area contributed by atoms with Crippen LogP contribution in [0.5, 0.6) is 0 Å². The van der Waals surface area contributed by atoms with E-state index >= 15 is 0 Å². The lowest BCUT2D eigenvalue weighted by molar-refractivity contribution is -0.130. The first-order valence-electron chi connectivity index (χ1n) is 8.66. The molecule has 27 heavy (non-hydrogen) atoms. The molecule has 3 N–H and O–H groups in total. The van der Waals surface area contributed by atoms with Crippen LogP contribution in [-0.4, -0.2) is 37.0 Å². The topological polar surface area (TPSA) is 96.5 Å². The first-order chi connectivity index (χ1) is 13.0. The van der Waals surface area contributed by atoms with E-state index in [1.807, 2.05) is 30.3 Å². The van der Waals surface area contributed by atoms with Crippen molar-refractivity contribution in [2.24, 2.45) is 0 Å². The summed E-state index contributed by atoms with van der Waals surface area (Å²) in [6.07, 6.45) is 0. The van der Waals surface area contributed by atoms with Gasteiger partial charge < -0.3 is 20.7 Å². The van der Waals surface area contributed by atoms with Gasteiger partial charge in [0, 0.05) is 12.2 Å². The summed E-state index contributed by atoms with van der Waals surface area (Å²) in [7, 11) is 0. The van der Waals surface area contributed by atoms with Crippen molar-refractivity contribution in [3.8, 4) is 0 Å². The van der Waals surface area contributed by atoms with Gasteiger partial charge in [-0.15, -0.1) is 0 Å². The average molecular weight is 369 g/mol. The molecule has 0 saturated heterocycles. The average Bonchev–Trinajstić information content (AvgIpc) is 2.67. The van der Waals surface area contributed by atoms with Crippen LogP contribution in [-0.2, 0) is 14.3 Å². The maximum Gasteiger partial charge on any atom is 0.340 e. The summed E-state index contributed by atoms with van der Waals surface area (Å²) < 4.78 is 5.09. The molecule has 0 unspecified atom stereocenters. The Balaban J connectivity index is 1.94. The van der Waals surface area contributed by atoms with Gasteiger partial charge in [-0.05, 0) is 38.1 Å². The van der Waals surface area contributed by atoms with Gasteiger partial charge in [-0.25, -0.2) is 4.79 Å². The number of para-hydroxylation sites is 2. The van der Waals surface area contributed by atoms with Gasteiger partial charge in [0.25, 0.3) is 5.91 Å². The predicted octanol–water partition coefficient (Wildman–Crippen LogP) is 2.23. The number of hydrogen-bond donors (Lipinski definition) is 3. The number of nitrogens with one attached hydrogen (secondary N) is 3. The molecule has 2 aromatic carbocycles. The molecule has 7 nitrogen and oxygen atoms in total. The van der Waals surface area contributed by atoms with Gasteiger partial charge in [0.2, 0.25) is 5.91 Å². The number of likely N-dealkylation sites (N-methyl/N-ethyl adjacent to an activating group) is 1. The van der Waals surface area contributed by atoms with E-state index < -0.39 is 24.5 Å². The fourth-order valence-corrected chi connectivity index (χ4v) is 2.33. The van der Waals surface area contributed by atoms with Gasteiger partial charge in [0.05, 0.1) is 11.3 Å². The van der Waals surface area contributed by atoms with Crippen molar-refractivity contribution >= 4 is 29.2 Å². The van der Waals surface area contributed by atoms with E-state index in [9.17, 15) is 14.4 Å². The Kier molecular flexibility index (Phi) is 7.37. The Labute approximate surface area is 158 Å². The number of esters is 1. The number of hydrogen-bond acceptors (Lipinski definition) is 5. The Morgan fingerprint density at radius 2 is 1.67 bits per heavy atom. The predicted molar refractivity (Wildman–Crippen MR) is 103 cm³/mol. The van der Waals surface area contributed by atoms with Crippen LogP contribution in [0.1, 0.15) is 24.2 Å². The summed E-state index contributed by atoms with van der Waals surface area (Å²) in [5, 5.41) is 8.23. The van der Waals surface area contributed by atoms with Gasteiger partial charge in [-0.3, -0.25) is 9.59 Å². The molecule has 0 fully saturated rings. The SMILES string of the molecule is CCNC(=O)[C@H](C)NC(=O)COC(=O)c1ccccc1Nc1ccccc1. The summed E-state index contributed by atoms with van der Waals surface area (Å²) in [5.74, 6) is -1.47. The molecule has 142 valence electrons. The molecule has 2 rings (SSSR count). The zero-order valence-corrected chi connectivity index (χ0v) is 15.3. The second kappa shape index (κ2) is 9.96. The molecule has 0 heterocycles. The first kappa shape index (κ1) is 20.0. The molecule has 2 aromatic rings. The van der Waals surface area contributed by atoms with E-state index in [4.69, 9.17) is 4.74 Å². The normalized spacial score (nSPS) is 11.2. The van der Waals surface area contributed by atoms with Crippen LogP contribution in [0.3, 0.4) is 0 Å². The third-order valence-corrected chi connectivity index (χ3v) is 3.66. The Bertz CT molecular complexity index is 793. The van der Waals surface area contributed by atoms with Gasteiger partial charge >= 0.3 is 5.97 Å². The minimum atomic E-state index is -0.705. The highest BCUT2D eigenvalue weighted by Crippen LogP contribution is 2.21. The highest BCUT2D eigenvalue weighted by Gasteiger charge is 2.17. The van der Waals surface area contributed by atoms with Gasteiger partial charge in [0.1, 0.15) is 6.04 Å². The van der Waals surface area contributed by atoms with Crippen molar-refractivity contribution in [2.75, 3.05) is 18.5 Å². The van der Waals surface area contributed by atoms with Crippen molar-refractivity contribution in [1.29, 1.82) is 0 Å². The number of ether oxygens (including phenoxy) is 1. The zero-order chi connectivity index (χ0) is 19.6. The molecule has 0 aromatic heterocycles. The number of carbonyl (C=O) groups is 3. The maximum absolute atomic E-state index is 12.4. The highest BCUT2D eigenvalue weighted by atomic mass is 16.5. The summed E-state index contributed by atoms with van der Waals surface area (Å²) in [5.41, 5.74) is 1.71. The van der Waals surface area contributed by atoms with Crippen molar-refractivity contribution in [2.45, 2.75) is 19.9 Å². The van der Waals surface area contributed by atoms with Crippen LogP contribution in [0.15, 0.2) is 54.6 Å². The number of benzene rings is 2. The first-order valence-corrected chi connectivity index (χ1v) is 8.66. The molecule has 0 aliphatic rings. The second-order valence-corrected chi connectivity index (χ2v) is 5.80. The molecular formula is C20H23N3O4. The summed E-state index contributed by atoms with van der Waals surface area (Å²) >= 11 is 0. The minimum absolute atomic E-state index is 0.297. The molecule has 0 aliphatic carbocycles. The van der Waals surface area contributed by atoms with Crippen LogP contribution >= 0.6 is 0 Å². The van der Waals surface area contributed by atoms with Crippen LogP contribution in [0.2, 0.25) is 0 Å². The molecular weight excluding hydrogens is 346 g/mol. The third kappa shape index (κ3) is 6.14. The Morgan fingerprint density at radius 1 is 1.00 bits per heavy atom. The summed E-state index contributed by atoms with van der Waals surface area (Å²) in [6.45, 7) is 3.35. The van der Waals surface area contributed by atoms with Crippen molar-refractivity contribution < 1.29 is 19.1 Å². The quantitative estimate of drug-likeness (QED) is 0.620. The lowest BCUT2D eigenvalue weighted by Crippen LogP contribution is -2.46. The van der Waals surface area contributed by atoms with Gasteiger partial charge in [-0.1, -0.05) is 30.3 Å². The largest absolute Gasteiger partial charge is 0.452 e. The standard InChI is InChI=1S/C20H23N3O4/c1-3-21-19(25)14(2)22-18(24)13-27-20(26)16-11-7-8-12-17(16)23-15-9-5-4-6-10-15/h4-12,14,23H,3,13H2,1-2H3,(H,21,25)(H,22,24)/t14-/m0/s1. The number of amides is 2. The smallest absolute Gasteiger partial charge is 0.340 e. The fraction of sp³-hybridized carbons (Fsp3) is 0.250. The number of carbonyl (C=O) groups excluding carboxylic acids is 3. The molecule has 0 aliphatic heterocycles. The molecule has 0 saturated carbocycles. The van der Waals surface area contributed by atoms with Crippen molar-refractivity contribution in [1.82, 2.24) is 10.6 Å². The molecule has 1 atom stereocenters. The van der Waals surface area contributed by atoms with E-state index in [1.54, 1.807) is 38.1 Å². The zero-order valence-electron chi connectivity index (χ0n) is 15.3. The highest BCUT2D eigenvalue weighted by molar-refractivity contribution is 5.97. The summed E-state index contributed by atoms with van der Waals surface area (Å²) in [4.78, 5) is 35.9. The minimum Gasteiger partial charge on any atom is -0.452 e. The van der Waals surface area contributed by atoms with Crippen LogP contribution in [0.25, 0.3) is 0 Å². The van der Waals surface area contributed by atoms with Crippen LogP contribution < -0.4 is 16.0 Å². The number of rotatable bonds is 8. The van der Waals surface area contributed by atoms with Crippen LogP contribution in [0, 0.1) is 0 Å². The number of anilines is 2. The van der Waals surface area contributed by atoms with Gasteiger partial charge in [0.15, 0.2) is 6.61 Å².